The summed E-state index contributed by atoms with van der Waals surface area (Å²) in [5.41, 5.74) is 1.34. The molecule has 1 amide bonds. The van der Waals surface area contributed by atoms with Crippen molar-refractivity contribution in [1.82, 2.24) is 0 Å². The predicted octanol–water partition coefficient (Wildman–Crippen LogP) is 2.45. The molecule has 1 saturated heterocycles. The Bertz CT molecular complexity index is 444. The van der Waals surface area contributed by atoms with Crippen molar-refractivity contribution < 1.29 is 14.3 Å². The molecule has 1 aliphatic heterocycles. The van der Waals surface area contributed by atoms with Crippen LogP contribution in [0.4, 0.5) is 10.5 Å². The lowest BCUT2D eigenvalue weighted by atomic mass is 10.1. The first-order valence-corrected chi connectivity index (χ1v) is 5.80. The fraction of sp³-hybridized carbons (Fsp3) is 0.333. The van der Waals surface area contributed by atoms with Gasteiger partial charge in [0, 0.05) is 11.3 Å². The van der Waals surface area contributed by atoms with Gasteiger partial charge in [0.2, 0.25) is 0 Å². The number of halogens is 1. The number of carbonyl (C=O) groups excluding carboxylic acids is 2. The van der Waals surface area contributed by atoms with E-state index in [0.717, 1.165) is 0 Å². The molecule has 0 radical (unpaired) electrons. The molecule has 1 fully saturated rings. The maximum atomic E-state index is 11.5. The van der Waals surface area contributed by atoms with Crippen molar-refractivity contribution in [2.24, 2.45) is 0 Å². The second-order valence-electron chi connectivity index (χ2n) is 3.87. The molecule has 0 aliphatic carbocycles. The summed E-state index contributed by atoms with van der Waals surface area (Å²) in [6.07, 6.45) is -0.664. The number of hydrogen-bond donors (Lipinski definition) is 0. The van der Waals surface area contributed by atoms with Gasteiger partial charge in [0.15, 0.2) is 5.78 Å². The molecule has 0 aromatic heterocycles. The summed E-state index contributed by atoms with van der Waals surface area (Å²) < 4.78 is 5.04. The molecule has 4 nitrogen and oxygen atoms in total. The van der Waals surface area contributed by atoms with Crippen LogP contribution in [0.2, 0.25) is 0 Å². The van der Waals surface area contributed by atoms with E-state index in [1.807, 2.05) is 0 Å². The molecule has 0 unspecified atom stereocenters. The van der Waals surface area contributed by atoms with Gasteiger partial charge in [-0.25, -0.2) is 4.79 Å². The largest absolute Gasteiger partial charge is 0.443 e. The summed E-state index contributed by atoms with van der Waals surface area (Å²) in [5.74, 6) is 0.285. The number of carbonyl (C=O) groups is 2. The second-order valence-corrected chi connectivity index (χ2v) is 4.18. The van der Waals surface area contributed by atoms with Gasteiger partial charge in [-0.05, 0) is 31.2 Å². The Morgan fingerprint density at radius 1 is 1.47 bits per heavy atom. The first-order valence-electron chi connectivity index (χ1n) is 5.27. The van der Waals surface area contributed by atoms with Crippen LogP contribution in [0.1, 0.15) is 17.3 Å². The summed E-state index contributed by atoms with van der Waals surface area (Å²) >= 11 is 5.64. The average Bonchev–Trinajstić information content (AvgIpc) is 2.71. The third kappa shape index (κ3) is 2.42. The minimum atomic E-state index is -0.397. The maximum Gasteiger partial charge on any atom is 0.414 e. The molecular weight excluding hydrogens is 242 g/mol. The Morgan fingerprint density at radius 3 is 2.59 bits per heavy atom. The van der Waals surface area contributed by atoms with Crippen molar-refractivity contribution in [2.75, 3.05) is 17.3 Å². The number of ketones is 1. The maximum absolute atomic E-state index is 11.5. The highest BCUT2D eigenvalue weighted by atomic mass is 35.5. The highest BCUT2D eigenvalue weighted by molar-refractivity contribution is 6.18. The zero-order valence-corrected chi connectivity index (χ0v) is 10.1. The van der Waals surface area contributed by atoms with Crippen LogP contribution in [0.25, 0.3) is 0 Å². The number of amides is 1. The van der Waals surface area contributed by atoms with Crippen LogP contribution >= 0.6 is 11.6 Å². The van der Waals surface area contributed by atoms with Gasteiger partial charge in [-0.1, -0.05) is 0 Å². The SMILES string of the molecule is CC(=O)c1ccc(N2C[C@@H](CCl)OC2=O)cc1. The molecule has 1 heterocycles. The normalized spacial score (nSPS) is 19.3. The summed E-state index contributed by atoms with van der Waals surface area (Å²) in [6, 6.07) is 6.85. The van der Waals surface area contributed by atoms with E-state index in [2.05, 4.69) is 0 Å². The lowest BCUT2D eigenvalue weighted by Crippen LogP contribution is -2.24. The Morgan fingerprint density at radius 2 is 2.12 bits per heavy atom. The zero-order chi connectivity index (χ0) is 12.4. The standard InChI is InChI=1S/C12H12ClNO3/c1-8(15)9-2-4-10(5-3-9)14-7-11(6-13)17-12(14)16/h2-5,11H,6-7H2,1H3/t11-/m1/s1. The highest BCUT2D eigenvalue weighted by Gasteiger charge is 2.31. The van der Waals surface area contributed by atoms with Crippen LogP contribution in [0.5, 0.6) is 0 Å². The molecule has 17 heavy (non-hydrogen) atoms. The highest BCUT2D eigenvalue weighted by Crippen LogP contribution is 2.22. The quantitative estimate of drug-likeness (QED) is 0.614. The van der Waals surface area contributed by atoms with E-state index in [1.165, 1.54) is 11.8 Å². The molecular formula is C12H12ClNO3. The van der Waals surface area contributed by atoms with Gasteiger partial charge in [0.05, 0.1) is 12.4 Å². The van der Waals surface area contributed by atoms with Crippen molar-refractivity contribution in [3.63, 3.8) is 0 Å². The summed E-state index contributed by atoms with van der Waals surface area (Å²) in [6.45, 7) is 1.95. The van der Waals surface area contributed by atoms with E-state index in [-0.39, 0.29) is 17.8 Å². The zero-order valence-electron chi connectivity index (χ0n) is 9.35. The topological polar surface area (TPSA) is 46.6 Å². The molecule has 0 spiro atoms. The Labute approximate surface area is 104 Å². The molecule has 1 aliphatic rings. The van der Waals surface area contributed by atoms with Gasteiger partial charge in [-0.15, -0.1) is 11.6 Å². The number of alkyl halides is 1. The number of anilines is 1. The van der Waals surface area contributed by atoms with Crippen molar-refractivity contribution in [3.8, 4) is 0 Å². The first kappa shape index (κ1) is 11.9. The van der Waals surface area contributed by atoms with Crippen molar-refractivity contribution in [1.29, 1.82) is 0 Å². The van der Waals surface area contributed by atoms with Crippen LogP contribution in [0.15, 0.2) is 24.3 Å². The predicted molar refractivity (Wildman–Crippen MR) is 64.8 cm³/mol. The number of benzene rings is 1. The average molecular weight is 254 g/mol. The van der Waals surface area contributed by atoms with E-state index >= 15 is 0 Å². The molecule has 0 saturated carbocycles. The van der Waals surface area contributed by atoms with Gasteiger partial charge < -0.3 is 4.74 Å². The first-order chi connectivity index (χ1) is 8.11. The molecule has 5 heteroatoms. The minimum absolute atomic E-state index is 0.000756. The Balaban J connectivity index is 2.18. The number of nitrogens with zero attached hydrogens (tertiary/aromatic N) is 1. The third-order valence-corrected chi connectivity index (χ3v) is 2.98. The van der Waals surface area contributed by atoms with Crippen LogP contribution in [-0.4, -0.2) is 30.4 Å². The van der Waals surface area contributed by atoms with Crippen molar-refractivity contribution in [2.45, 2.75) is 13.0 Å². The van der Waals surface area contributed by atoms with Crippen molar-refractivity contribution in [3.05, 3.63) is 29.8 Å². The minimum Gasteiger partial charge on any atom is -0.443 e. The molecule has 1 atom stereocenters. The molecule has 1 aromatic rings. The smallest absolute Gasteiger partial charge is 0.414 e. The van der Waals surface area contributed by atoms with Crippen LogP contribution < -0.4 is 4.90 Å². The second kappa shape index (κ2) is 4.75. The summed E-state index contributed by atoms with van der Waals surface area (Å²) in [7, 11) is 0. The Hall–Kier alpha value is -1.55. The Kier molecular flexibility index (Phi) is 3.33. The molecule has 1 aromatic carbocycles. The van der Waals surface area contributed by atoms with E-state index in [0.29, 0.717) is 17.8 Å². The van der Waals surface area contributed by atoms with Crippen LogP contribution in [-0.2, 0) is 4.74 Å². The number of ether oxygens (including phenoxy) is 1. The lowest BCUT2D eigenvalue weighted by molar-refractivity contribution is 0.101. The third-order valence-electron chi connectivity index (χ3n) is 2.63. The number of Topliss-reactive ketones (excluding diaryl/α,β-unsaturated/α-hetero) is 1. The molecule has 0 bridgehead atoms. The van der Waals surface area contributed by atoms with Gasteiger partial charge in [-0.3, -0.25) is 9.69 Å². The number of rotatable bonds is 3. The molecule has 90 valence electrons. The monoisotopic (exact) mass is 253 g/mol. The van der Waals surface area contributed by atoms with Gasteiger partial charge in [0.25, 0.3) is 0 Å². The molecule has 2 rings (SSSR count). The van der Waals surface area contributed by atoms with Crippen LogP contribution in [0.3, 0.4) is 0 Å². The van der Waals surface area contributed by atoms with Gasteiger partial charge in [-0.2, -0.15) is 0 Å². The van der Waals surface area contributed by atoms with Gasteiger partial charge in [0.1, 0.15) is 6.10 Å². The van der Waals surface area contributed by atoms with E-state index in [1.54, 1.807) is 24.3 Å². The molecule has 0 N–H and O–H groups in total. The van der Waals surface area contributed by atoms with Crippen LogP contribution in [0, 0.1) is 0 Å². The number of cyclic esters (lactones) is 1. The van der Waals surface area contributed by atoms with E-state index < -0.39 is 6.09 Å². The fourth-order valence-corrected chi connectivity index (χ4v) is 1.85. The van der Waals surface area contributed by atoms with Crippen molar-refractivity contribution >= 4 is 29.2 Å². The van der Waals surface area contributed by atoms with E-state index in [4.69, 9.17) is 16.3 Å². The van der Waals surface area contributed by atoms with E-state index in [9.17, 15) is 9.59 Å². The number of hydrogen-bond acceptors (Lipinski definition) is 3. The lowest BCUT2D eigenvalue weighted by Gasteiger charge is -2.12. The van der Waals surface area contributed by atoms with Gasteiger partial charge >= 0.3 is 6.09 Å². The fourth-order valence-electron chi connectivity index (χ4n) is 1.69. The summed E-state index contributed by atoms with van der Waals surface area (Å²) in [5, 5.41) is 0. The summed E-state index contributed by atoms with van der Waals surface area (Å²) in [4.78, 5) is 24.2.